The summed E-state index contributed by atoms with van der Waals surface area (Å²) >= 11 is 0. The highest BCUT2D eigenvalue weighted by atomic mass is 33.1. The molecule has 0 unspecified atom stereocenters. The van der Waals surface area contributed by atoms with Gasteiger partial charge in [0.15, 0.2) is 0 Å². The van der Waals surface area contributed by atoms with Crippen LogP contribution in [-0.2, 0) is 51.9 Å². The Kier molecular flexibility index (Phi) is 12.2. The summed E-state index contributed by atoms with van der Waals surface area (Å²) in [7, 11) is -2.68. The molecule has 47 heavy (non-hydrogen) atoms. The lowest BCUT2D eigenvalue weighted by atomic mass is 9.84. The summed E-state index contributed by atoms with van der Waals surface area (Å²) in [6, 6.07) is 31.4. The molecule has 0 fully saturated rings. The van der Waals surface area contributed by atoms with Gasteiger partial charge >= 0.3 is 9.15 Å². The van der Waals surface area contributed by atoms with Gasteiger partial charge in [-0.2, -0.15) is 8.42 Å². The second-order valence-corrected chi connectivity index (χ2v) is 16.4. The molecule has 6 rings (SSSR count). The van der Waals surface area contributed by atoms with Gasteiger partial charge in [-0.15, -0.1) is 0 Å². The van der Waals surface area contributed by atoms with Crippen LogP contribution >= 0.6 is 10.8 Å². The predicted molar refractivity (Wildman–Crippen MR) is 198 cm³/mol. The van der Waals surface area contributed by atoms with E-state index < -0.39 is 9.15 Å². The van der Waals surface area contributed by atoms with Gasteiger partial charge in [-0.1, -0.05) is 84.9 Å². The average Bonchev–Trinajstić information content (AvgIpc) is 3.10. The maximum atomic E-state index is 12.2. The van der Waals surface area contributed by atoms with E-state index in [2.05, 4.69) is 95.6 Å². The van der Waals surface area contributed by atoms with Crippen LogP contribution < -0.4 is 10.6 Å². The molecule has 7 heteroatoms. The zero-order valence-electron chi connectivity index (χ0n) is 27.4. The number of hydrogen-bond donors (Lipinski definition) is 2. The molecule has 2 aliphatic rings. The number of nitrogens with one attached hydrogen (secondary N) is 2. The Morgan fingerprint density at radius 1 is 0.553 bits per heavy atom. The van der Waals surface area contributed by atoms with Gasteiger partial charge < -0.3 is 10.6 Å². The number of fused-ring (bicyclic) bond motifs is 6. The normalized spacial score (nSPS) is 13.4. The molecule has 0 aromatic heterocycles. The van der Waals surface area contributed by atoms with Crippen molar-refractivity contribution in [2.75, 3.05) is 38.5 Å². The topological polar surface area (TPSA) is 67.4 Å². The Morgan fingerprint density at radius 2 is 1.04 bits per heavy atom. The molecule has 5 nitrogen and oxygen atoms in total. The minimum atomic E-state index is -3.56. The molecule has 0 saturated heterocycles. The molecule has 4 aromatic carbocycles. The minimum absolute atomic E-state index is 0.171. The van der Waals surface area contributed by atoms with Gasteiger partial charge in [0.05, 0.1) is 6.61 Å². The van der Waals surface area contributed by atoms with Crippen LogP contribution in [0.5, 0.6) is 0 Å². The van der Waals surface area contributed by atoms with E-state index in [4.69, 9.17) is 4.18 Å². The third-order valence-corrected chi connectivity index (χ3v) is 12.2. The van der Waals surface area contributed by atoms with Crippen molar-refractivity contribution in [1.29, 1.82) is 0 Å². The third kappa shape index (κ3) is 9.58. The highest BCUT2D eigenvalue weighted by Gasteiger charge is 2.17. The number of aryl methyl sites for hydroxylation is 6. The van der Waals surface area contributed by atoms with Crippen LogP contribution in [0, 0.1) is 0 Å². The third-order valence-electron chi connectivity index (χ3n) is 9.43. The SMILES string of the molecule is O=S(=O)(OCCNCCCCc1ccc2c(c1)CCc1ccccc1-2)SCCNCCCCc1ccc2c(c1)CCc1ccccc1-2. The Hall–Kier alpha value is -2.94. The zero-order valence-corrected chi connectivity index (χ0v) is 29.1. The van der Waals surface area contributed by atoms with Crippen molar-refractivity contribution in [2.24, 2.45) is 0 Å². The van der Waals surface area contributed by atoms with E-state index in [0.717, 1.165) is 88.1 Å². The summed E-state index contributed by atoms with van der Waals surface area (Å²) in [5, 5.41) is 6.70. The van der Waals surface area contributed by atoms with E-state index in [1.54, 1.807) is 0 Å². The minimum Gasteiger partial charge on any atom is -0.316 e. The first kappa shape index (κ1) is 33.9. The second-order valence-electron chi connectivity index (χ2n) is 12.8. The maximum Gasteiger partial charge on any atom is 0.322 e. The summed E-state index contributed by atoms with van der Waals surface area (Å²) < 4.78 is 29.7. The highest BCUT2D eigenvalue weighted by molar-refractivity contribution is 8.70. The summed E-state index contributed by atoms with van der Waals surface area (Å²) in [6.45, 7) is 3.11. The molecule has 2 N–H and O–H groups in total. The van der Waals surface area contributed by atoms with Crippen molar-refractivity contribution in [3.63, 3.8) is 0 Å². The standard InChI is InChI=1S/C40H48N2O3S2/c43-47(44,45-27-25-41-23-7-5-9-31-15-21-39-35(29-31)19-17-33-11-1-3-13-37(33)39)46-28-26-42-24-8-6-10-32-16-22-40-36(30-32)20-18-34-12-2-4-14-38(34)40/h1-4,11-16,21-22,29-30,41-42H,5-10,17-20,23-28H2. The Morgan fingerprint density at radius 3 is 1.62 bits per heavy atom. The van der Waals surface area contributed by atoms with Gasteiger partial charge in [-0.25, -0.2) is 0 Å². The highest BCUT2D eigenvalue weighted by Crippen LogP contribution is 2.35. The smallest absolute Gasteiger partial charge is 0.316 e. The fourth-order valence-corrected chi connectivity index (χ4v) is 9.02. The van der Waals surface area contributed by atoms with Crippen LogP contribution in [0.1, 0.15) is 59.1 Å². The van der Waals surface area contributed by atoms with Crippen LogP contribution in [0.25, 0.3) is 22.3 Å². The molecule has 2 aliphatic carbocycles. The first-order chi connectivity index (χ1) is 23.1. The molecule has 0 radical (unpaired) electrons. The molecule has 4 aromatic rings. The molecule has 248 valence electrons. The van der Waals surface area contributed by atoms with Gasteiger partial charge in [-0.3, -0.25) is 4.18 Å². The average molecular weight is 669 g/mol. The van der Waals surface area contributed by atoms with Gasteiger partial charge in [0.25, 0.3) is 0 Å². The quantitative estimate of drug-likeness (QED) is 0.0836. The van der Waals surface area contributed by atoms with Crippen LogP contribution in [0.2, 0.25) is 0 Å². The monoisotopic (exact) mass is 668 g/mol. The molecule has 0 bridgehead atoms. The van der Waals surface area contributed by atoms with E-state index in [1.165, 1.54) is 55.6 Å². The molecule has 0 spiro atoms. The van der Waals surface area contributed by atoms with Crippen molar-refractivity contribution >= 4 is 19.9 Å². The molecule has 0 aliphatic heterocycles. The maximum absolute atomic E-state index is 12.2. The lowest BCUT2D eigenvalue weighted by molar-refractivity contribution is 0.325. The van der Waals surface area contributed by atoms with E-state index in [9.17, 15) is 8.42 Å². The lowest BCUT2D eigenvalue weighted by Crippen LogP contribution is -2.23. The molecular formula is C40H48N2O3S2. The van der Waals surface area contributed by atoms with E-state index in [1.807, 2.05) is 0 Å². The van der Waals surface area contributed by atoms with E-state index >= 15 is 0 Å². The Balaban J connectivity index is 0.765. The second kappa shape index (κ2) is 16.9. The van der Waals surface area contributed by atoms with Crippen molar-refractivity contribution < 1.29 is 12.6 Å². The van der Waals surface area contributed by atoms with E-state index in [-0.39, 0.29) is 6.61 Å². The van der Waals surface area contributed by atoms with Crippen LogP contribution in [0.4, 0.5) is 0 Å². The van der Waals surface area contributed by atoms with Crippen LogP contribution in [0.3, 0.4) is 0 Å². The molecular weight excluding hydrogens is 621 g/mol. The van der Waals surface area contributed by atoms with Gasteiger partial charge in [0.1, 0.15) is 0 Å². The van der Waals surface area contributed by atoms with Crippen LogP contribution in [0.15, 0.2) is 84.9 Å². The number of benzene rings is 4. The fraction of sp³-hybridized carbons (Fsp3) is 0.400. The molecule has 0 atom stereocenters. The first-order valence-corrected chi connectivity index (χ1v) is 20.3. The number of unbranched alkanes of at least 4 members (excludes halogenated alkanes) is 2. The molecule has 0 amide bonds. The fourth-order valence-electron chi connectivity index (χ4n) is 6.96. The van der Waals surface area contributed by atoms with Crippen LogP contribution in [-0.4, -0.2) is 47.0 Å². The summed E-state index contributed by atoms with van der Waals surface area (Å²) in [6.07, 6.45) is 11.0. The number of hydrogen-bond acceptors (Lipinski definition) is 6. The lowest BCUT2D eigenvalue weighted by Gasteiger charge is -2.20. The van der Waals surface area contributed by atoms with Crippen molar-refractivity contribution in [2.45, 2.75) is 64.2 Å². The predicted octanol–water partition coefficient (Wildman–Crippen LogP) is 7.74. The van der Waals surface area contributed by atoms with Crippen molar-refractivity contribution in [3.05, 3.63) is 118 Å². The van der Waals surface area contributed by atoms with Gasteiger partial charge in [0, 0.05) is 18.8 Å². The molecule has 0 heterocycles. The zero-order chi connectivity index (χ0) is 32.3. The Bertz CT molecular complexity index is 1620. The summed E-state index contributed by atoms with van der Waals surface area (Å²) in [5.74, 6) is 0.483. The number of rotatable bonds is 18. The summed E-state index contributed by atoms with van der Waals surface area (Å²) in [4.78, 5) is 0. The van der Waals surface area contributed by atoms with Crippen molar-refractivity contribution in [1.82, 2.24) is 10.6 Å². The van der Waals surface area contributed by atoms with Gasteiger partial charge in [-0.05, 0) is 144 Å². The van der Waals surface area contributed by atoms with Gasteiger partial charge in [0.2, 0.25) is 0 Å². The summed E-state index contributed by atoms with van der Waals surface area (Å²) in [5.41, 5.74) is 14.2. The van der Waals surface area contributed by atoms with E-state index in [0.29, 0.717) is 18.8 Å². The first-order valence-electron chi connectivity index (χ1n) is 17.4. The van der Waals surface area contributed by atoms with Crippen molar-refractivity contribution in [3.8, 4) is 22.3 Å². The Labute approximate surface area is 285 Å². The largest absolute Gasteiger partial charge is 0.322 e. The molecule has 0 saturated carbocycles.